The van der Waals surface area contributed by atoms with E-state index in [2.05, 4.69) is 26.1 Å². The highest BCUT2D eigenvalue weighted by atomic mass is 79.9. The molecule has 0 aromatic carbocycles. The third-order valence-electron chi connectivity index (χ3n) is 2.58. The van der Waals surface area contributed by atoms with E-state index in [4.69, 9.17) is 15.7 Å². The number of hydrogen-bond acceptors (Lipinski definition) is 5. The molecule has 0 aliphatic rings. The number of oxime groups is 1. The Hall–Kier alpha value is -1.67. The van der Waals surface area contributed by atoms with Crippen molar-refractivity contribution < 1.29 is 14.7 Å². The summed E-state index contributed by atoms with van der Waals surface area (Å²) in [7, 11) is 1.56. The van der Waals surface area contributed by atoms with E-state index in [0.717, 1.165) is 0 Å². The predicted molar refractivity (Wildman–Crippen MR) is 77.7 cm³/mol. The first-order valence-corrected chi connectivity index (χ1v) is 6.74. The zero-order valence-corrected chi connectivity index (χ0v) is 12.7. The van der Waals surface area contributed by atoms with Gasteiger partial charge in [0.25, 0.3) is 5.91 Å². The molecule has 0 aliphatic carbocycles. The number of carbonyl (C=O) groups excluding carboxylic acids is 1. The third-order valence-corrected chi connectivity index (χ3v) is 3.22. The van der Waals surface area contributed by atoms with E-state index in [1.807, 2.05) is 0 Å². The summed E-state index contributed by atoms with van der Waals surface area (Å²) in [5.74, 6) is -0.166. The van der Waals surface area contributed by atoms with Crippen LogP contribution in [0.5, 0.6) is 0 Å². The smallest absolute Gasteiger partial charge is 0.273 e. The number of amidine groups is 1. The third kappa shape index (κ3) is 4.78. The van der Waals surface area contributed by atoms with E-state index in [0.29, 0.717) is 29.9 Å². The fraction of sp³-hybridized carbons (Fsp3) is 0.417. The molecule has 0 aliphatic heterocycles. The maximum atomic E-state index is 12.4. The average Bonchev–Trinajstić information content (AvgIpc) is 2.47. The molecule has 8 heteroatoms. The van der Waals surface area contributed by atoms with Crippen molar-refractivity contribution in [2.75, 3.05) is 26.8 Å². The quantitative estimate of drug-likeness (QED) is 0.333. The maximum Gasteiger partial charge on any atom is 0.273 e. The number of aromatic nitrogens is 1. The molecule has 0 bridgehead atoms. The van der Waals surface area contributed by atoms with Crippen molar-refractivity contribution in [3.8, 4) is 0 Å². The Morgan fingerprint density at radius 2 is 2.35 bits per heavy atom. The monoisotopic (exact) mass is 344 g/mol. The van der Waals surface area contributed by atoms with Gasteiger partial charge in [-0.25, -0.2) is 4.98 Å². The van der Waals surface area contributed by atoms with E-state index in [1.165, 1.54) is 0 Å². The van der Waals surface area contributed by atoms with Crippen LogP contribution < -0.4 is 5.73 Å². The van der Waals surface area contributed by atoms with Gasteiger partial charge in [0, 0.05) is 37.3 Å². The summed E-state index contributed by atoms with van der Waals surface area (Å²) in [4.78, 5) is 18.0. The lowest BCUT2D eigenvalue weighted by Crippen LogP contribution is -2.37. The van der Waals surface area contributed by atoms with Crippen molar-refractivity contribution in [2.45, 2.75) is 6.42 Å². The van der Waals surface area contributed by atoms with Gasteiger partial charge in [0.1, 0.15) is 11.5 Å². The number of hydrogen-bond donors (Lipinski definition) is 2. The van der Waals surface area contributed by atoms with Gasteiger partial charge in [-0.2, -0.15) is 0 Å². The fourth-order valence-corrected chi connectivity index (χ4v) is 1.93. The van der Waals surface area contributed by atoms with Gasteiger partial charge in [-0.05, 0) is 28.1 Å². The van der Waals surface area contributed by atoms with Crippen LogP contribution in [-0.2, 0) is 4.74 Å². The number of nitrogens with zero attached hydrogens (tertiary/aromatic N) is 3. The molecule has 110 valence electrons. The Morgan fingerprint density at radius 1 is 1.60 bits per heavy atom. The van der Waals surface area contributed by atoms with Crippen LogP contribution in [-0.4, -0.2) is 53.6 Å². The molecule has 20 heavy (non-hydrogen) atoms. The number of pyridine rings is 1. The maximum absolute atomic E-state index is 12.4. The van der Waals surface area contributed by atoms with E-state index in [1.54, 1.807) is 30.3 Å². The van der Waals surface area contributed by atoms with Gasteiger partial charge in [0.15, 0.2) is 0 Å². The summed E-state index contributed by atoms with van der Waals surface area (Å²) in [5, 5.41) is 11.4. The van der Waals surface area contributed by atoms with Gasteiger partial charge in [-0.15, -0.1) is 0 Å². The molecule has 1 aromatic heterocycles. The lowest BCUT2D eigenvalue weighted by atomic mass is 10.3. The van der Waals surface area contributed by atoms with Crippen molar-refractivity contribution in [1.82, 2.24) is 9.88 Å². The largest absolute Gasteiger partial charge is 0.409 e. The molecule has 0 radical (unpaired) electrons. The molecule has 0 atom stereocenters. The predicted octanol–water partition coefficient (Wildman–Crippen LogP) is 1.07. The molecule has 0 saturated heterocycles. The minimum Gasteiger partial charge on any atom is -0.409 e. The first-order valence-electron chi connectivity index (χ1n) is 5.95. The number of methoxy groups -OCH3 is 1. The van der Waals surface area contributed by atoms with E-state index in [-0.39, 0.29) is 18.2 Å². The highest BCUT2D eigenvalue weighted by molar-refractivity contribution is 9.10. The minimum absolute atomic E-state index is 0.0697. The summed E-state index contributed by atoms with van der Waals surface area (Å²) in [5.41, 5.74) is 5.75. The lowest BCUT2D eigenvalue weighted by Gasteiger charge is -2.22. The summed E-state index contributed by atoms with van der Waals surface area (Å²) < 4.78 is 5.61. The molecule has 1 heterocycles. The van der Waals surface area contributed by atoms with E-state index in [9.17, 15) is 4.79 Å². The van der Waals surface area contributed by atoms with Crippen LogP contribution in [0.1, 0.15) is 16.9 Å². The van der Waals surface area contributed by atoms with Gasteiger partial charge in [0.05, 0.1) is 6.61 Å². The Morgan fingerprint density at radius 3 is 2.95 bits per heavy atom. The first kappa shape index (κ1) is 16.4. The molecule has 3 N–H and O–H groups in total. The highest BCUT2D eigenvalue weighted by Gasteiger charge is 2.19. The van der Waals surface area contributed by atoms with Crippen LogP contribution in [0.3, 0.4) is 0 Å². The summed E-state index contributed by atoms with van der Waals surface area (Å²) in [6.07, 6.45) is 1.83. The Kier molecular flexibility index (Phi) is 6.96. The first-order chi connectivity index (χ1) is 9.60. The number of nitrogens with two attached hydrogens (primary N) is 1. The topological polar surface area (TPSA) is 101 Å². The van der Waals surface area contributed by atoms with Crippen molar-refractivity contribution in [3.05, 3.63) is 28.5 Å². The highest BCUT2D eigenvalue weighted by Crippen LogP contribution is 2.15. The fourth-order valence-electron chi connectivity index (χ4n) is 1.51. The van der Waals surface area contributed by atoms with Gasteiger partial charge < -0.3 is 20.6 Å². The molecule has 7 nitrogen and oxygen atoms in total. The zero-order chi connectivity index (χ0) is 15.0. The second-order valence-corrected chi connectivity index (χ2v) is 4.81. The molecule has 0 unspecified atom stereocenters. The summed E-state index contributed by atoms with van der Waals surface area (Å²) in [6.45, 7) is 1.12. The zero-order valence-electron chi connectivity index (χ0n) is 11.1. The van der Waals surface area contributed by atoms with Crippen LogP contribution in [0.2, 0.25) is 0 Å². The number of halogens is 1. The normalized spacial score (nSPS) is 11.4. The van der Waals surface area contributed by atoms with Crippen LogP contribution >= 0.6 is 15.9 Å². The number of rotatable bonds is 7. The SMILES string of the molecule is COCCN(CC/C(N)=N/O)C(=O)c1ncccc1Br. The van der Waals surface area contributed by atoms with Crippen molar-refractivity contribution in [2.24, 2.45) is 10.9 Å². The molecule has 0 fully saturated rings. The van der Waals surface area contributed by atoms with Crippen LogP contribution in [0, 0.1) is 0 Å². The van der Waals surface area contributed by atoms with Gasteiger partial charge in [0.2, 0.25) is 0 Å². The standard InChI is InChI=1S/C12H17BrN4O3/c1-20-8-7-17(6-4-10(14)16-19)12(18)11-9(13)3-2-5-15-11/h2-3,5,19H,4,6-8H2,1H3,(H2,14,16). The molecule has 0 saturated carbocycles. The molecule has 1 rings (SSSR count). The van der Waals surface area contributed by atoms with E-state index >= 15 is 0 Å². The van der Waals surface area contributed by atoms with Gasteiger partial charge in [-0.1, -0.05) is 5.16 Å². The second kappa shape index (κ2) is 8.49. The van der Waals surface area contributed by atoms with Crippen LogP contribution in [0.4, 0.5) is 0 Å². The Balaban J connectivity index is 2.81. The van der Waals surface area contributed by atoms with Crippen molar-refractivity contribution in [1.29, 1.82) is 0 Å². The Bertz CT molecular complexity index is 482. The minimum atomic E-state index is -0.236. The number of amides is 1. The Labute approximate surface area is 125 Å². The van der Waals surface area contributed by atoms with Crippen LogP contribution in [0.25, 0.3) is 0 Å². The lowest BCUT2D eigenvalue weighted by molar-refractivity contribution is 0.0694. The van der Waals surface area contributed by atoms with Crippen LogP contribution in [0.15, 0.2) is 28.0 Å². The number of ether oxygens (including phenoxy) is 1. The second-order valence-electron chi connectivity index (χ2n) is 3.96. The molecule has 1 amide bonds. The molecule has 1 aromatic rings. The molecular weight excluding hydrogens is 328 g/mol. The average molecular weight is 345 g/mol. The summed E-state index contributed by atoms with van der Waals surface area (Å²) >= 11 is 3.30. The summed E-state index contributed by atoms with van der Waals surface area (Å²) in [6, 6.07) is 3.48. The number of carbonyl (C=O) groups is 1. The van der Waals surface area contributed by atoms with Crippen molar-refractivity contribution >= 4 is 27.7 Å². The molecule has 0 spiro atoms. The van der Waals surface area contributed by atoms with E-state index < -0.39 is 0 Å². The van der Waals surface area contributed by atoms with Gasteiger partial charge >= 0.3 is 0 Å². The molecular formula is C12H17BrN4O3. The van der Waals surface area contributed by atoms with Gasteiger partial charge in [-0.3, -0.25) is 4.79 Å². The van der Waals surface area contributed by atoms with Crippen molar-refractivity contribution in [3.63, 3.8) is 0 Å².